The van der Waals surface area contributed by atoms with E-state index in [4.69, 9.17) is 14.3 Å². The van der Waals surface area contributed by atoms with Crippen molar-refractivity contribution in [2.24, 2.45) is 0 Å². The van der Waals surface area contributed by atoms with E-state index in [1.165, 1.54) is 12.1 Å². The Kier molecular flexibility index (Phi) is 6.17. The van der Waals surface area contributed by atoms with E-state index in [0.717, 1.165) is 0 Å². The molecule has 0 radical (unpaired) electrons. The molecule has 9 nitrogen and oxygen atoms in total. The minimum absolute atomic E-state index is 0.136. The molecule has 0 fully saturated rings. The summed E-state index contributed by atoms with van der Waals surface area (Å²) in [5.41, 5.74) is -0.499. The quantitative estimate of drug-likeness (QED) is 0.750. The molecule has 0 saturated carbocycles. The molecule has 1 aromatic rings. The second kappa shape index (κ2) is 8.17. The van der Waals surface area contributed by atoms with Crippen molar-refractivity contribution >= 4 is 23.9 Å². The van der Waals surface area contributed by atoms with Crippen LogP contribution in [0, 0.1) is 0 Å². The van der Waals surface area contributed by atoms with Crippen LogP contribution in [0.1, 0.15) is 48.4 Å². The predicted octanol–water partition coefficient (Wildman–Crippen LogP) is 1.67. The number of carbonyl (C=O) groups is 4. The van der Waals surface area contributed by atoms with Crippen LogP contribution in [0.25, 0.3) is 0 Å². The highest BCUT2D eigenvalue weighted by molar-refractivity contribution is 6.20. The van der Waals surface area contributed by atoms with Gasteiger partial charge in [-0.1, -0.05) is 17.2 Å². The molecule has 0 aliphatic carbocycles. The molecule has 2 rings (SSSR count). The Morgan fingerprint density at radius 1 is 1.11 bits per heavy atom. The van der Waals surface area contributed by atoms with Gasteiger partial charge in [-0.05, 0) is 39.8 Å². The molecule has 0 saturated heterocycles. The second-order valence-electron chi connectivity index (χ2n) is 6.72. The van der Waals surface area contributed by atoms with E-state index in [9.17, 15) is 19.2 Å². The maximum Gasteiger partial charge on any atom is 0.408 e. The summed E-state index contributed by atoms with van der Waals surface area (Å²) in [6.07, 6.45) is -0.855. The van der Waals surface area contributed by atoms with E-state index in [1.807, 2.05) is 0 Å². The zero-order chi connectivity index (χ0) is 20.2. The number of rotatable bonds is 6. The van der Waals surface area contributed by atoms with E-state index in [-0.39, 0.29) is 24.3 Å². The number of alkyl carbamates (subject to hydrolysis) is 1. The number of hydrogen-bond donors (Lipinski definition) is 1. The van der Waals surface area contributed by atoms with Crippen LogP contribution in [-0.4, -0.2) is 53.8 Å². The standard InChI is InChI=1S/C18H22N2O7/c1-5-25-10-13(19-17(24)26-18(2,3)4)16(23)27-20-14(21)11-8-6-7-9-12(11)15(20)22/h6-9,13H,5,10H2,1-4H3,(H,19,24). The molecular formula is C18H22N2O7. The number of hydroxylamine groups is 2. The summed E-state index contributed by atoms with van der Waals surface area (Å²) in [5.74, 6) is -2.53. The van der Waals surface area contributed by atoms with Crippen molar-refractivity contribution < 1.29 is 33.5 Å². The van der Waals surface area contributed by atoms with Gasteiger partial charge in [-0.2, -0.15) is 0 Å². The van der Waals surface area contributed by atoms with Gasteiger partial charge in [0.2, 0.25) is 0 Å². The van der Waals surface area contributed by atoms with Crippen LogP contribution in [0.5, 0.6) is 0 Å². The Balaban J connectivity index is 2.09. The summed E-state index contributed by atoms with van der Waals surface area (Å²) in [5, 5.41) is 2.70. The number of carbonyl (C=O) groups excluding carboxylic acids is 4. The number of fused-ring (bicyclic) bond motifs is 1. The largest absolute Gasteiger partial charge is 0.444 e. The molecule has 146 valence electrons. The lowest BCUT2D eigenvalue weighted by atomic mass is 10.1. The molecule has 1 heterocycles. The van der Waals surface area contributed by atoms with Crippen LogP contribution >= 0.6 is 0 Å². The summed E-state index contributed by atoms with van der Waals surface area (Å²) in [7, 11) is 0. The molecule has 27 heavy (non-hydrogen) atoms. The number of hydrogen-bond acceptors (Lipinski definition) is 7. The zero-order valence-corrected chi connectivity index (χ0v) is 15.6. The maximum absolute atomic E-state index is 12.4. The summed E-state index contributed by atoms with van der Waals surface area (Å²) >= 11 is 0. The molecule has 1 aliphatic heterocycles. The lowest BCUT2D eigenvalue weighted by Crippen LogP contribution is -2.49. The third-order valence-corrected chi connectivity index (χ3v) is 3.40. The number of ether oxygens (including phenoxy) is 2. The number of nitrogens with zero attached hydrogens (tertiary/aromatic N) is 1. The smallest absolute Gasteiger partial charge is 0.408 e. The number of imide groups is 1. The Bertz CT molecular complexity index is 719. The van der Waals surface area contributed by atoms with Gasteiger partial charge in [0.15, 0.2) is 6.04 Å². The Hall–Kier alpha value is -2.94. The molecule has 1 unspecified atom stereocenters. The third-order valence-electron chi connectivity index (χ3n) is 3.40. The van der Waals surface area contributed by atoms with Gasteiger partial charge in [0.1, 0.15) is 5.60 Å². The first-order valence-corrected chi connectivity index (χ1v) is 8.41. The van der Waals surface area contributed by atoms with Crippen molar-refractivity contribution in [3.05, 3.63) is 35.4 Å². The van der Waals surface area contributed by atoms with E-state index in [0.29, 0.717) is 5.06 Å². The molecule has 1 aliphatic rings. The summed E-state index contributed by atoms with van der Waals surface area (Å²) in [6.45, 7) is 6.79. The minimum Gasteiger partial charge on any atom is -0.444 e. The molecule has 1 N–H and O–H groups in total. The highest BCUT2D eigenvalue weighted by atomic mass is 16.7. The van der Waals surface area contributed by atoms with E-state index in [1.54, 1.807) is 39.8 Å². The first kappa shape index (κ1) is 20.4. The second-order valence-corrected chi connectivity index (χ2v) is 6.72. The lowest BCUT2D eigenvalue weighted by molar-refractivity contribution is -0.172. The maximum atomic E-state index is 12.4. The molecule has 0 spiro atoms. The fourth-order valence-corrected chi connectivity index (χ4v) is 2.26. The highest BCUT2D eigenvalue weighted by Gasteiger charge is 2.40. The summed E-state index contributed by atoms with van der Waals surface area (Å²) in [4.78, 5) is 53.9. The van der Waals surface area contributed by atoms with Crippen LogP contribution < -0.4 is 5.32 Å². The lowest BCUT2D eigenvalue weighted by Gasteiger charge is -2.23. The monoisotopic (exact) mass is 378 g/mol. The van der Waals surface area contributed by atoms with Crippen molar-refractivity contribution in [1.82, 2.24) is 10.4 Å². The Morgan fingerprint density at radius 2 is 1.67 bits per heavy atom. The van der Waals surface area contributed by atoms with Gasteiger partial charge in [-0.3, -0.25) is 9.59 Å². The van der Waals surface area contributed by atoms with Crippen LogP contribution in [0.2, 0.25) is 0 Å². The molecule has 0 bridgehead atoms. The molecule has 3 amide bonds. The van der Waals surface area contributed by atoms with Gasteiger partial charge < -0.3 is 19.6 Å². The number of benzene rings is 1. The average Bonchev–Trinajstić information content (AvgIpc) is 2.82. The van der Waals surface area contributed by atoms with Crippen LogP contribution in [0.15, 0.2) is 24.3 Å². The third kappa shape index (κ3) is 5.04. The van der Waals surface area contributed by atoms with Crippen LogP contribution in [-0.2, 0) is 19.1 Å². The van der Waals surface area contributed by atoms with Crippen LogP contribution in [0.3, 0.4) is 0 Å². The minimum atomic E-state index is -1.26. The molecule has 1 aromatic carbocycles. The van der Waals surface area contributed by atoms with Gasteiger partial charge in [-0.15, -0.1) is 0 Å². The molecule has 9 heteroatoms. The zero-order valence-electron chi connectivity index (χ0n) is 15.6. The SMILES string of the molecule is CCOCC(NC(=O)OC(C)(C)C)C(=O)ON1C(=O)c2ccccc2C1=O. The number of amides is 3. The van der Waals surface area contributed by atoms with E-state index >= 15 is 0 Å². The van der Waals surface area contributed by atoms with Crippen LogP contribution in [0.4, 0.5) is 4.79 Å². The van der Waals surface area contributed by atoms with Crippen molar-refractivity contribution in [1.29, 1.82) is 0 Å². The Labute approximate surface area is 156 Å². The van der Waals surface area contributed by atoms with Gasteiger partial charge >= 0.3 is 12.1 Å². The van der Waals surface area contributed by atoms with Gasteiger partial charge in [0.05, 0.1) is 17.7 Å². The first-order valence-electron chi connectivity index (χ1n) is 8.41. The molecular weight excluding hydrogens is 356 g/mol. The fourth-order valence-electron chi connectivity index (χ4n) is 2.26. The Morgan fingerprint density at radius 3 is 2.15 bits per heavy atom. The van der Waals surface area contributed by atoms with Gasteiger partial charge in [-0.25, -0.2) is 9.59 Å². The predicted molar refractivity (Wildman–Crippen MR) is 92.7 cm³/mol. The first-order chi connectivity index (χ1) is 12.6. The van der Waals surface area contributed by atoms with Crippen molar-refractivity contribution in [3.8, 4) is 0 Å². The normalized spacial score (nSPS) is 14.6. The van der Waals surface area contributed by atoms with Gasteiger partial charge in [0.25, 0.3) is 11.8 Å². The summed E-state index contributed by atoms with van der Waals surface area (Å²) in [6, 6.07) is 4.85. The fraction of sp³-hybridized carbons (Fsp3) is 0.444. The molecule has 1 atom stereocenters. The van der Waals surface area contributed by atoms with Crippen molar-refractivity contribution in [2.45, 2.75) is 39.3 Å². The average molecular weight is 378 g/mol. The van der Waals surface area contributed by atoms with E-state index < -0.39 is 35.5 Å². The molecule has 0 aromatic heterocycles. The van der Waals surface area contributed by atoms with Gasteiger partial charge in [0, 0.05) is 6.61 Å². The topological polar surface area (TPSA) is 111 Å². The number of nitrogens with one attached hydrogen (secondary N) is 1. The van der Waals surface area contributed by atoms with E-state index in [2.05, 4.69) is 5.32 Å². The summed E-state index contributed by atoms with van der Waals surface area (Å²) < 4.78 is 10.3. The highest BCUT2D eigenvalue weighted by Crippen LogP contribution is 2.22. The van der Waals surface area contributed by atoms with Crippen molar-refractivity contribution in [2.75, 3.05) is 13.2 Å². The van der Waals surface area contributed by atoms with Crippen molar-refractivity contribution in [3.63, 3.8) is 0 Å².